The molecule has 0 spiro atoms. The van der Waals surface area contributed by atoms with Gasteiger partial charge < -0.3 is 25.6 Å². The summed E-state index contributed by atoms with van der Waals surface area (Å²) in [6.45, 7) is 6.12. The van der Waals surface area contributed by atoms with Crippen LogP contribution in [0.25, 0.3) is 11.5 Å². The van der Waals surface area contributed by atoms with Gasteiger partial charge in [0.2, 0.25) is 5.91 Å². The Morgan fingerprint density at radius 3 is 2.88 bits per heavy atom. The normalized spacial score (nSPS) is 16.6. The summed E-state index contributed by atoms with van der Waals surface area (Å²) in [6, 6.07) is 2.69. The molecule has 2 atom stereocenters. The van der Waals surface area contributed by atoms with Crippen molar-refractivity contribution in [2.45, 2.75) is 39.2 Å². The second kappa shape index (κ2) is 8.77. The first-order valence-corrected chi connectivity index (χ1v) is 10.3. The van der Waals surface area contributed by atoms with E-state index in [9.17, 15) is 9.18 Å². The lowest BCUT2D eigenvalue weighted by molar-refractivity contribution is -0.119. The zero-order valence-electron chi connectivity index (χ0n) is 18.0. The Kier molecular flexibility index (Phi) is 5.89. The first-order chi connectivity index (χ1) is 15.4. The number of rotatable bonds is 7. The monoisotopic (exact) mass is 441 g/mol. The highest BCUT2D eigenvalue weighted by Gasteiger charge is 2.31. The number of carbonyl (C=O) groups excluding carboxylic acids is 1. The Labute approximate surface area is 183 Å². The summed E-state index contributed by atoms with van der Waals surface area (Å²) in [6.07, 6.45) is 1.54. The molecule has 1 fully saturated rings. The Morgan fingerprint density at radius 1 is 1.41 bits per heavy atom. The number of hydrogen-bond acceptors (Lipinski definition) is 9. The molecule has 0 radical (unpaired) electrons. The maximum Gasteiger partial charge on any atom is 0.265 e. The van der Waals surface area contributed by atoms with Gasteiger partial charge in [0.05, 0.1) is 12.6 Å². The molecule has 4 N–H and O–H groups in total. The summed E-state index contributed by atoms with van der Waals surface area (Å²) >= 11 is 0. The van der Waals surface area contributed by atoms with Crippen LogP contribution in [-0.2, 0) is 4.79 Å². The van der Waals surface area contributed by atoms with Gasteiger partial charge in [-0.1, -0.05) is 11.2 Å². The van der Waals surface area contributed by atoms with Gasteiger partial charge in [-0.2, -0.15) is 4.98 Å². The molecule has 4 rings (SSSR count). The summed E-state index contributed by atoms with van der Waals surface area (Å²) in [4.78, 5) is 24.3. The Morgan fingerprint density at radius 2 is 2.22 bits per heavy atom. The van der Waals surface area contributed by atoms with Gasteiger partial charge in [-0.15, -0.1) is 0 Å². The van der Waals surface area contributed by atoms with Gasteiger partial charge in [0.25, 0.3) is 5.89 Å². The number of ether oxygens (including phenoxy) is 1. The Balaban J connectivity index is 1.73. The molecule has 3 heterocycles. The molecule has 10 nitrogen and oxygen atoms in total. The number of nitrogens with zero attached hydrogens (tertiary/aromatic N) is 4. The predicted molar refractivity (Wildman–Crippen MR) is 114 cm³/mol. The van der Waals surface area contributed by atoms with Crippen molar-refractivity contribution in [1.29, 1.82) is 0 Å². The van der Waals surface area contributed by atoms with Gasteiger partial charge >= 0.3 is 0 Å². The smallest absolute Gasteiger partial charge is 0.265 e. The maximum absolute atomic E-state index is 14.9. The third kappa shape index (κ3) is 4.05. The van der Waals surface area contributed by atoms with Crippen LogP contribution < -0.4 is 21.1 Å². The lowest BCUT2D eigenvalue weighted by Gasteiger charge is -2.23. The van der Waals surface area contributed by atoms with E-state index in [0.717, 1.165) is 0 Å². The molecule has 1 aliphatic heterocycles. The largest absolute Gasteiger partial charge is 0.493 e. The number of nitrogen functional groups attached to an aromatic ring is 1. The lowest BCUT2D eigenvalue weighted by atomic mass is 9.92. The molecule has 1 saturated heterocycles. The molecule has 1 amide bonds. The second-order valence-electron chi connectivity index (χ2n) is 7.51. The zero-order chi connectivity index (χ0) is 22.8. The number of nitrogens with two attached hydrogens (primary N) is 1. The molecule has 168 valence electrons. The van der Waals surface area contributed by atoms with Gasteiger partial charge in [-0.25, -0.2) is 14.4 Å². The number of anilines is 2. The van der Waals surface area contributed by atoms with Crippen LogP contribution in [0.5, 0.6) is 5.75 Å². The molecular formula is C21H24FN7O3. The SMILES string of the molecule is CCOc1c(C(C)Nc2ncnc(N)c2-c2nc(C)no2)ccc(F)c1C1CNC(=O)C1. The molecule has 2 unspecified atom stereocenters. The molecule has 0 bridgehead atoms. The third-order valence-electron chi connectivity index (χ3n) is 5.29. The molecule has 2 aromatic heterocycles. The van der Waals surface area contributed by atoms with E-state index in [1.807, 2.05) is 13.8 Å². The number of aryl methyl sites for hydroxylation is 1. The van der Waals surface area contributed by atoms with Crippen LogP contribution in [0.2, 0.25) is 0 Å². The first kappa shape index (κ1) is 21.5. The van der Waals surface area contributed by atoms with Crippen molar-refractivity contribution in [3.8, 4) is 17.2 Å². The minimum absolute atomic E-state index is 0.107. The molecule has 0 aliphatic carbocycles. The van der Waals surface area contributed by atoms with Crippen LogP contribution in [0, 0.1) is 12.7 Å². The number of hydrogen-bond donors (Lipinski definition) is 3. The Bertz CT molecular complexity index is 1150. The van der Waals surface area contributed by atoms with Gasteiger partial charge in [0.1, 0.15) is 35.1 Å². The standard InChI is InChI=1S/C21H24FN7O3/c1-4-31-18-13(5-6-14(22)16(18)12-7-15(30)24-8-12)10(2)27-20-17(19(23)25-9-26-20)21-28-11(3)29-32-21/h5-6,9-10,12H,4,7-8H2,1-3H3,(H,24,30)(H3,23,25,26,27). The van der Waals surface area contributed by atoms with Gasteiger partial charge in [0.15, 0.2) is 5.82 Å². The number of halogens is 1. The van der Waals surface area contributed by atoms with Gasteiger partial charge in [-0.3, -0.25) is 4.79 Å². The van der Waals surface area contributed by atoms with Crippen LogP contribution in [-0.4, -0.2) is 39.2 Å². The number of nitrogens with one attached hydrogen (secondary N) is 2. The molecule has 1 aliphatic rings. The number of amides is 1. The number of benzene rings is 1. The van der Waals surface area contributed by atoms with E-state index in [0.29, 0.717) is 47.2 Å². The number of carbonyl (C=O) groups is 1. The summed E-state index contributed by atoms with van der Waals surface area (Å²) < 4.78 is 26.0. The molecule has 3 aromatic rings. The quantitative estimate of drug-likeness (QED) is 0.504. The molecule has 0 saturated carbocycles. The first-order valence-electron chi connectivity index (χ1n) is 10.3. The van der Waals surface area contributed by atoms with Crippen LogP contribution >= 0.6 is 0 Å². The van der Waals surface area contributed by atoms with Gasteiger partial charge in [-0.05, 0) is 26.8 Å². The second-order valence-corrected chi connectivity index (χ2v) is 7.51. The fourth-order valence-corrected chi connectivity index (χ4v) is 3.83. The van der Waals surface area contributed by atoms with Crippen molar-refractivity contribution < 1.29 is 18.4 Å². The minimum atomic E-state index is -0.404. The maximum atomic E-state index is 14.9. The molecular weight excluding hydrogens is 417 g/mol. The van der Waals surface area contributed by atoms with E-state index in [2.05, 4.69) is 30.7 Å². The Hall–Kier alpha value is -3.76. The summed E-state index contributed by atoms with van der Waals surface area (Å²) in [5.41, 5.74) is 7.55. The third-order valence-corrected chi connectivity index (χ3v) is 5.29. The van der Waals surface area contributed by atoms with Crippen molar-refractivity contribution in [2.24, 2.45) is 0 Å². The van der Waals surface area contributed by atoms with E-state index in [1.165, 1.54) is 12.4 Å². The van der Waals surface area contributed by atoms with Crippen LogP contribution in [0.15, 0.2) is 23.0 Å². The van der Waals surface area contributed by atoms with Crippen molar-refractivity contribution in [3.63, 3.8) is 0 Å². The van der Waals surface area contributed by atoms with E-state index < -0.39 is 5.82 Å². The number of aromatic nitrogens is 4. The summed E-state index contributed by atoms with van der Waals surface area (Å²) in [5.74, 6) is 0.815. The molecule has 11 heteroatoms. The van der Waals surface area contributed by atoms with Crippen molar-refractivity contribution in [2.75, 3.05) is 24.2 Å². The van der Waals surface area contributed by atoms with Crippen LogP contribution in [0.4, 0.5) is 16.0 Å². The fourth-order valence-electron chi connectivity index (χ4n) is 3.83. The summed E-state index contributed by atoms with van der Waals surface area (Å²) in [7, 11) is 0. The van der Waals surface area contributed by atoms with E-state index in [-0.39, 0.29) is 36.0 Å². The summed E-state index contributed by atoms with van der Waals surface area (Å²) in [5, 5.41) is 9.83. The van der Waals surface area contributed by atoms with E-state index in [1.54, 1.807) is 13.0 Å². The highest BCUT2D eigenvalue weighted by Crippen LogP contribution is 2.40. The predicted octanol–water partition coefficient (Wildman–Crippen LogP) is 2.73. The topological polar surface area (TPSA) is 141 Å². The van der Waals surface area contributed by atoms with Crippen LogP contribution in [0.3, 0.4) is 0 Å². The van der Waals surface area contributed by atoms with Gasteiger partial charge in [0, 0.05) is 30.0 Å². The highest BCUT2D eigenvalue weighted by atomic mass is 19.1. The van der Waals surface area contributed by atoms with Crippen LogP contribution in [0.1, 0.15) is 49.2 Å². The average Bonchev–Trinajstić information content (AvgIpc) is 3.36. The average molecular weight is 441 g/mol. The highest BCUT2D eigenvalue weighted by molar-refractivity contribution is 5.80. The van der Waals surface area contributed by atoms with Crippen molar-refractivity contribution in [3.05, 3.63) is 41.2 Å². The van der Waals surface area contributed by atoms with Crippen molar-refractivity contribution in [1.82, 2.24) is 25.4 Å². The molecule has 1 aromatic carbocycles. The van der Waals surface area contributed by atoms with E-state index in [4.69, 9.17) is 15.0 Å². The fraction of sp³-hybridized carbons (Fsp3) is 0.381. The van der Waals surface area contributed by atoms with Crippen molar-refractivity contribution >= 4 is 17.5 Å². The lowest BCUT2D eigenvalue weighted by Crippen LogP contribution is -2.16. The van der Waals surface area contributed by atoms with E-state index >= 15 is 0 Å². The minimum Gasteiger partial charge on any atom is -0.493 e. The zero-order valence-corrected chi connectivity index (χ0v) is 18.0. The molecule has 32 heavy (non-hydrogen) atoms.